The highest BCUT2D eigenvalue weighted by molar-refractivity contribution is 8.02. The van der Waals surface area contributed by atoms with E-state index in [0.29, 0.717) is 5.57 Å². The van der Waals surface area contributed by atoms with Crippen molar-refractivity contribution < 1.29 is 19.5 Å². The molecule has 1 fully saturated rings. The average molecular weight is 353 g/mol. The molecule has 0 aromatic heterocycles. The number of hydrogen-bond donors (Lipinski definition) is 3. The van der Waals surface area contributed by atoms with Gasteiger partial charge in [0.05, 0.1) is 0 Å². The Morgan fingerprint density at radius 1 is 1.46 bits per heavy atom. The van der Waals surface area contributed by atoms with Crippen LogP contribution in [0.5, 0.6) is 0 Å². The lowest BCUT2D eigenvalue weighted by Gasteiger charge is -2.44. The fraction of sp³-hybridized carbons (Fsp3) is 0.438. The predicted molar refractivity (Wildman–Crippen MR) is 94.2 cm³/mol. The molecule has 3 atom stereocenters. The number of carbonyl (C=O) groups is 3. The Morgan fingerprint density at radius 2 is 2.04 bits per heavy atom. The number of nitrogens with one attached hydrogen (secondary N) is 1. The van der Waals surface area contributed by atoms with Gasteiger partial charge in [-0.25, -0.2) is 4.79 Å². The van der Waals surface area contributed by atoms with Gasteiger partial charge in [-0.05, 0) is 19.4 Å². The van der Waals surface area contributed by atoms with E-state index in [9.17, 15) is 19.5 Å². The normalized spacial score (nSPS) is 24.9. The van der Waals surface area contributed by atoms with E-state index in [0.717, 1.165) is 16.7 Å². The minimum absolute atomic E-state index is 0.465. The Balaban J connectivity index is 2.96. The molecule has 0 bridgehead atoms. The Kier molecular flexibility index (Phi) is 6.39. The zero-order valence-corrected chi connectivity index (χ0v) is 14.8. The van der Waals surface area contributed by atoms with Gasteiger partial charge in [-0.2, -0.15) is 0 Å². The molecule has 1 heterocycles. The summed E-state index contributed by atoms with van der Waals surface area (Å²) in [6.45, 7) is 10.6. The van der Waals surface area contributed by atoms with Crippen molar-refractivity contribution in [3.8, 4) is 0 Å². The standard InChI is InChI=1S/C16H23N3O4S/c1-6-8-9(7-2)10(17)12(20)18-13-14(21)19(5)11(15(22)23)16(3,4)24-13/h6-8,10-11,13H,1-2,17H2,3-5H3,(H,18,20)(H,22,23)/b9-8+. The van der Waals surface area contributed by atoms with Gasteiger partial charge in [0.15, 0.2) is 5.37 Å². The molecule has 0 saturated carbocycles. The van der Waals surface area contributed by atoms with Crippen molar-refractivity contribution in [3.05, 3.63) is 37.0 Å². The van der Waals surface area contributed by atoms with Crippen molar-refractivity contribution in [3.63, 3.8) is 0 Å². The van der Waals surface area contributed by atoms with Crippen molar-refractivity contribution in [1.29, 1.82) is 0 Å². The summed E-state index contributed by atoms with van der Waals surface area (Å²) in [5.41, 5.74) is 6.34. The fourth-order valence-electron chi connectivity index (χ4n) is 2.56. The number of carboxylic acid groups (broad SMARTS) is 1. The lowest BCUT2D eigenvalue weighted by atomic mass is 10.0. The molecule has 4 N–H and O–H groups in total. The molecule has 132 valence electrons. The Morgan fingerprint density at radius 3 is 2.50 bits per heavy atom. The van der Waals surface area contributed by atoms with Crippen molar-refractivity contribution in [2.45, 2.75) is 36.1 Å². The maximum absolute atomic E-state index is 12.4. The van der Waals surface area contributed by atoms with Gasteiger partial charge >= 0.3 is 5.97 Å². The lowest BCUT2D eigenvalue weighted by molar-refractivity contribution is -0.151. The minimum Gasteiger partial charge on any atom is -0.480 e. The fourth-order valence-corrected chi connectivity index (χ4v) is 3.99. The second-order valence-electron chi connectivity index (χ2n) is 5.88. The van der Waals surface area contributed by atoms with Crippen LogP contribution in [0, 0.1) is 0 Å². The molecule has 1 aliphatic rings. The monoisotopic (exact) mass is 353 g/mol. The number of hydrogen-bond acceptors (Lipinski definition) is 5. The molecule has 3 unspecified atom stereocenters. The number of carbonyl (C=O) groups excluding carboxylic acids is 2. The average Bonchev–Trinajstić information content (AvgIpc) is 2.48. The smallest absolute Gasteiger partial charge is 0.327 e. The first-order valence-electron chi connectivity index (χ1n) is 7.25. The highest BCUT2D eigenvalue weighted by Gasteiger charge is 2.49. The highest BCUT2D eigenvalue weighted by atomic mass is 32.2. The molecule has 0 radical (unpaired) electrons. The molecule has 0 aliphatic carbocycles. The summed E-state index contributed by atoms with van der Waals surface area (Å²) in [7, 11) is 1.41. The van der Waals surface area contributed by atoms with Gasteiger partial charge in [0.1, 0.15) is 12.1 Å². The maximum Gasteiger partial charge on any atom is 0.327 e. The topological polar surface area (TPSA) is 113 Å². The zero-order valence-electron chi connectivity index (χ0n) is 14.0. The summed E-state index contributed by atoms with van der Waals surface area (Å²) in [6, 6.07) is -1.99. The SMILES string of the molecule is C=C/C=C(\C=C)C(N)C(=O)NC1SC(C)(C)C(C(=O)O)N(C)C1=O. The van der Waals surface area contributed by atoms with Crippen LogP contribution in [0.4, 0.5) is 0 Å². The highest BCUT2D eigenvalue weighted by Crippen LogP contribution is 2.38. The van der Waals surface area contributed by atoms with E-state index in [1.807, 2.05) is 0 Å². The Bertz CT molecular complexity index is 600. The van der Waals surface area contributed by atoms with E-state index in [1.54, 1.807) is 19.9 Å². The molecule has 1 rings (SSSR count). The van der Waals surface area contributed by atoms with Crippen LogP contribution in [0.3, 0.4) is 0 Å². The molecule has 0 spiro atoms. The first-order valence-corrected chi connectivity index (χ1v) is 8.13. The summed E-state index contributed by atoms with van der Waals surface area (Å²) in [5.74, 6) is -2.13. The molecule has 1 aliphatic heterocycles. The minimum atomic E-state index is -1.09. The van der Waals surface area contributed by atoms with Gasteiger partial charge in [0, 0.05) is 11.8 Å². The first-order chi connectivity index (χ1) is 11.1. The van der Waals surface area contributed by atoms with Gasteiger partial charge in [0.25, 0.3) is 5.91 Å². The van der Waals surface area contributed by atoms with Crippen LogP contribution in [0.2, 0.25) is 0 Å². The number of carboxylic acids is 1. The second-order valence-corrected chi connectivity index (χ2v) is 7.64. The number of amides is 2. The quantitative estimate of drug-likeness (QED) is 0.599. The number of nitrogens with zero attached hydrogens (tertiary/aromatic N) is 1. The zero-order chi connectivity index (χ0) is 18.7. The number of rotatable bonds is 6. The van der Waals surface area contributed by atoms with Crippen molar-refractivity contribution >= 4 is 29.5 Å². The molecule has 0 aromatic carbocycles. The van der Waals surface area contributed by atoms with Crippen LogP contribution in [-0.4, -0.2) is 57.0 Å². The molecule has 2 amide bonds. The number of nitrogens with two attached hydrogens (primary N) is 1. The van der Waals surface area contributed by atoms with Gasteiger partial charge < -0.3 is 21.1 Å². The third-order valence-electron chi connectivity index (χ3n) is 3.73. The molecule has 0 aromatic rings. The van der Waals surface area contributed by atoms with Gasteiger partial charge in [-0.1, -0.05) is 31.4 Å². The molecular weight excluding hydrogens is 330 g/mol. The first kappa shape index (κ1) is 20.0. The summed E-state index contributed by atoms with van der Waals surface area (Å²) < 4.78 is -0.783. The Labute approximate surface area is 145 Å². The van der Waals surface area contributed by atoms with Crippen LogP contribution in [0.25, 0.3) is 0 Å². The molecule has 1 saturated heterocycles. The third-order valence-corrected chi connectivity index (χ3v) is 5.12. The van der Waals surface area contributed by atoms with E-state index >= 15 is 0 Å². The molecule has 8 heteroatoms. The third kappa shape index (κ3) is 4.07. The second kappa shape index (κ2) is 7.67. The van der Waals surface area contributed by atoms with E-state index in [-0.39, 0.29) is 0 Å². The maximum atomic E-state index is 12.4. The summed E-state index contributed by atoms with van der Waals surface area (Å²) in [4.78, 5) is 37.3. The van der Waals surface area contributed by atoms with Crippen LogP contribution < -0.4 is 11.1 Å². The van der Waals surface area contributed by atoms with Gasteiger partial charge in [-0.15, -0.1) is 11.8 Å². The van der Waals surface area contributed by atoms with Crippen molar-refractivity contribution in [2.75, 3.05) is 7.05 Å². The van der Waals surface area contributed by atoms with Gasteiger partial charge in [-0.3, -0.25) is 9.59 Å². The van der Waals surface area contributed by atoms with Crippen molar-refractivity contribution in [1.82, 2.24) is 10.2 Å². The Hall–Kier alpha value is -2.06. The van der Waals surface area contributed by atoms with Crippen molar-refractivity contribution in [2.24, 2.45) is 5.73 Å². The van der Waals surface area contributed by atoms with E-state index < -0.39 is 40.0 Å². The summed E-state index contributed by atoms with van der Waals surface area (Å²) in [6.07, 6.45) is 4.49. The van der Waals surface area contributed by atoms with Crippen LogP contribution in [0.15, 0.2) is 37.0 Å². The van der Waals surface area contributed by atoms with E-state index in [4.69, 9.17) is 5.73 Å². The van der Waals surface area contributed by atoms with Crippen LogP contribution in [0.1, 0.15) is 13.8 Å². The lowest BCUT2D eigenvalue weighted by Crippen LogP contribution is -2.64. The van der Waals surface area contributed by atoms with E-state index in [1.165, 1.54) is 19.2 Å². The predicted octanol–water partition coefficient (Wildman–Crippen LogP) is 0.491. The summed E-state index contributed by atoms with van der Waals surface area (Å²) in [5, 5.41) is 11.0. The molecule has 24 heavy (non-hydrogen) atoms. The number of likely N-dealkylation sites (N-methyl/N-ethyl adjacent to an activating group) is 1. The van der Waals surface area contributed by atoms with Crippen LogP contribution >= 0.6 is 11.8 Å². The molecule has 7 nitrogen and oxygen atoms in total. The van der Waals surface area contributed by atoms with E-state index in [2.05, 4.69) is 18.5 Å². The largest absolute Gasteiger partial charge is 0.480 e. The van der Waals surface area contributed by atoms with Gasteiger partial charge in [0.2, 0.25) is 5.91 Å². The number of allylic oxidation sites excluding steroid dienone is 2. The number of aliphatic carboxylic acids is 1. The molecular formula is C16H23N3O4S. The summed E-state index contributed by atoms with van der Waals surface area (Å²) >= 11 is 1.09. The van der Waals surface area contributed by atoms with Crippen LogP contribution in [-0.2, 0) is 14.4 Å². The number of thioether (sulfide) groups is 1.